The van der Waals surface area contributed by atoms with Crippen LogP contribution < -0.4 is 30.4 Å². The molecule has 0 radical (unpaired) electrons. The number of methoxy groups -OCH3 is 3. The van der Waals surface area contributed by atoms with Crippen LogP contribution in [0.1, 0.15) is 10.4 Å². The molecule has 2 aromatic carbocycles. The molecule has 3 N–H and O–H groups in total. The van der Waals surface area contributed by atoms with Crippen LogP contribution in [0.5, 0.6) is 17.2 Å². The first-order valence-electron chi connectivity index (χ1n) is 9.16. The summed E-state index contributed by atoms with van der Waals surface area (Å²) in [6.07, 6.45) is 1.11. The van der Waals surface area contributed by atoms with Gasteiger partial charge in [0.1, 0.15) is 23.6 Å². The van der Waals surface area contributed by atoms with Gasteiger partial charge in [0.05, 0.1) is 37.5 Å². The Morgan fingerprint density at radius 2 is 1.69 bits per heavy atom. The molecule has 0 aliphatic rings. The van der Waals surface area contributed by atoms with E-state index in [1.807, 2.05) is 0 Å². The van der Waals surface area contributed by atoms with Crippen molar-refractivity contribution >= 4 is 28.9 Å². The molecule has 1 amide bonds. The van der Waals surface area contributed by atoms with Gasteiger partial charge in [0.25, 0.3) is 5.91 Å². The van der Waals surface area contributed by atoms with Gasteiger partial charge in [-0.15, -0.1) is 0 Å². The Balaban J connectivity index is 1.87. The second kappa shape index (κ2) is 9.93. The van der Waals surface area contributed by atoms with Crippen molar-refractivity contribution in [1.82, 2.24) is 15.4 Å². The number of hydrogen-bond donors (Lipinski definition) is 3. The van der Waals surface area contributed by atoms with Gasteiger partial charge in [0.15, 0.2) is 0 Å². The van der Waals surface area contributed by atoms with Gasteiger partial charge in [0.2, 0.25) is 11.6 Å². The molecule has 12 nitrogen and oxygen atoms in total. The Bertz CT molecular complexity index is 1140. The summed E-state index contributed by atoms with van der Waals surface area (Å²) in [6, 6.07) is 11.4. The number of nitrogens with zero attached hydrogens (tertiary/aromatic N) is 3. The average Bonchev–Trinajstić information content (AvgIpc) is 2.82. The van der Waals surface area contributed by atoms with E-state index in [2.05, 4.69) is 26.1 Å². The zero-order chi connectivity index (χ0) is 23.1. The maximum atomic E-state index is 12.5. The second-order valence-corrected chi connectivity index (χ2v) is 6.15. The van der Waals surface area contributed by atoms with E-state index in [1.54, 1.807) is 42.5 Å². The van der Waals surface area contributed by atoms with Gasteiger partial charge in [-0.05, 0) is 24.3 Å². The van der Waals surface area contributed by atoms with Crippen LogP contribution in [0.25, 0.3) is 0 Å². The molecule has 0 bridgehead atoms. The molecule has 0 aliphatic carbocycles. The Labute approximate surface area is 182 Å². The number of para-hydroxylation sites is 1. The van der Waals surface area contributed by atoms with Crippen LogP contribution in [0.15, 0.2) is 48.8 Å². The van der Waals surface area contributed by atoms with Gasteiger partial charge in [-0.1, -0.05) is 12.1 Å². The molecule has 12 heteroatoms. The van der Waals surface area contributed by atoms with Crippen molar-refractivity contribution in [1.29, 1.82) is 0 Å². The lowest BCUT2D eigenvalue weighted by Crippen LogP contribution is -2.30. The number of carbonyl (C=O) groups is 1. The monoisotopic (exact) mass is 440 g/mol. The number of amides is 1. The molecule has 166 valence electrons. The van der Waals surface area contributed by atoms with Crippen molar-refractivity contribution in [3.05, 3.63) is 64.5 Å². The molecule has 0 aliphatic heterocycles. The quantitative estimate of drug-likeness (QED) is 0.335. The van der Waals surface area contributed by atoms with Crippen molar-refractivity contribution in [2.75, 3.05) is 32.1 Å². The predicted molar refractivity (Wildman–Crippen MR) is 116 cm³/mol. The molecule has 0 unspecified atom stereocenters. The minimum absolute atomic E-state index is 0.109. The van der Waals surface area contributed by atoms with E-state index in [0.29, 0.717) is 22.9 Å². The minimum Gasteiger partial charge on any atom is -0.497 e. The molecule has 32 heavy (non-hydrogen) atoms. The van der Waals surface area contributed by atoms with Gasteiger partial charge >= 0.3 is 5.69 Å². The summed E-state index contributed by atoms with van der Waals surface area (Å²) >= 11 is 0. The van der Waals surface area contributed by atoms with Crippen LogP contribution in [0.4, 0.5) is 23.0 Å². The van der Waals surface area contributed by atoms with Gasteiger partial charge in [-0.3, -0.25) is 25.8 Å². The van der Waals surface area contributed by atoms with E-state index in [-0.39, 0.29) is 17.2 Å². The average molecular weight is 440 g/mol. The zero-order valence-electron chi connectivity index (χ0n) is 17.4. The highest BCUT2D eigenvalue weighted by Gasteiger charge is 2.25. The third-order valence-corrected chi connectivity index (χ3v) is 4.31. The molecule has 0 spiro atoms. The fourth-order valence-corrected chi connectivity index (χ4v) is 2.78. The maximum absolute atomic E-state index is 12.5. The molecule has 3 rings (SSSR count). The lowest BCUT2D eigenvalue weighted by molar-refractivity contribution is -0.383. The van der Waals surface area contributed by atoms with E-state index >= 15 is 0 Å². The normalized spacial score (nSPS) is 10.1. The van der Waals surface area contributed by atoms with Gasteiger partial charge in [-0.2, -0.15) is 0 Å². The number of hydrogen-bond acceptors (Lipinski definition) is 10. The molecule has 0 atom stereocenters. The number of nitrogens with one attached hydrogen (secondary N) is 3. The summed E-state index contributed by atoms with van der Waals surface area (Å²) in [6.45, 7) is 0. The van der Waals surface area contributed by atoms with Gasteiger partial charge in [0, 0.05) is 6.07 Å². The van der Waals surface area contributed by atoms with E-state index in [4.69, 9.17) is 14.2 Å². The molecule has 1 heterocycles. The lowest BCUT2D eigenvalue weighted by Gasteiger charge is -2.14. The highest BCUT2D eigenvalue weighted by molar-refractivity contribution is 5.97. The number of rotatable bonds is 9. The molecule has 0 fully saturated rings. The standard InChI is InChI=1S/C20H20N6O6/c1-30-12-8-9-14(16(10-12)32-3)23-18-17(26(28)29)19(22-11-21-18)24-25-20(27)13-6-4-5-7-15(13)31-2/h4-11H,1-3H3,(H,25,27)(H2,21,22,23,24). The topological polar surface area (TPSA) is 150 Å². The summed E-state index contributed by atoms with van der Waals surface area (Å²) in [4.78, 5) is 31.4. The molecular formula is C20H20N6O6. The van der Waals surface area contributed by atoms with Crippen LogP contribution in [-0.2, 0) is 0 Å². The molecular weight excluding hydrogens is 420 g/mol. The van der Waals surface area contributed by atoms with Crippen LogP contribution >= 0.6 is 0 Å². The summed E-state index contributed by atoms with van der Waals surface area (Å²) in [7, 11) is 4.39. The van der Waals surface area contributed by atoms with Crippen LogP contribution in [0, 0.1) is 10.1 Å². The van der Waals surface area contributed by atoms with E-state index in [9.17, 15) is 14.9 Å². The van der Waals surface area contributed by atoms with Crippen molar-refractivity contribution < 1.29 is 23.9 Å². The summed E-state index contributed by atoms with van der Waals surface area (Å²) in [5.74, 6) is 0.382. The van der Waals surface area contributed by atoms with Crippen molar-refractivity contribution in [3.8, 4) is 17.2 Å². The first-order chi connectivity index (χ1) is 15.5. The number of benzene rings is 2. The fraction of sp³-hybridized carbons (Fsp3) is 0.150. The molecule has 0 saturated heterocycles. The van der Waals surface area contributed by atoms with E-state index in [1.165, 1.54) is 21.3 Å². The van der Waals surface area contributed by atoms with E-state index in [0.717, 1.165) is 6.33 Å². The van der Waals surface area contributed by atoms with Crippen molar-refractivity contribution in [2.24, 2.45) is 0 Å². The van der Waals surface area contributed by atoms with Crippen LogP contribution in [-0.4, -0.2) is 42.1 Å². The highest BCUT2D eigenvalue weighted by Crippen LogP contribution is 2.35. The van der Waals surface area contributed by atoms with E-state index < -0.39 is 16.5 Å². The smallest absolute Gasteiger partial charge is 0.355 e. The van der Waals surface area contributed by atoms with Gasteiger partial charge < -0.3 is 19.5 Å². The zero-order valence-corrected chi connectivity index (χ0v) is 17.4. The number of carbonyl (C=O) groups excluding carboxylic acids is 1. The summed E-state index contributed by atoms with van der Waals surface area (Å²) in [5, 5.41) is 14.6. The summed E-state index contributed by atoms with van der Waals surface area (Å²) in [5.41, 5.74) is 5.03. The number of anilines is 3. The fourth-order valence-electron chi connectivity index (χ4n) is 2.78. The minimum atomic E-state index is -0.671. The van der Waals surface area contributed by atoms with Crippen molar-refractivity contribution in [3.63, 3.8) is 0 Å². The van der Waals surface area contributed by atoms with Crippen LogP contribution in [0.3, 0.4) is 0 Å². The number of aromatic nitrogens is 2. The largest absolute Gasteiger partial charge is 0.497 e. The predicted octanol–water partition coefficient (Wildman–Crippen LogP) is 2.91. The molecule has 1 aromatic heterocycles. The number of hydrazine groups is 1. The van der Waals surface area contributed by atoms with Crippen molar-refractivity contribution in [2.45, 2.75) is 0 Å². The summed E-state index contributed by atoms with van der Waals surface area (Å²) < 4.78 is 15.6. The second-order valence-electron chi connectivity index (χ2n) is 6.15. The lowest BCUT2D eigenvalue weighted by atomic mass is 10.2. The number of ether oxygens (including phenoxy) is 3. The first-order valence-corrected chi connectivity index (χ1v) is 9.16. The third-order valence-electron chi connectivity index (χ3n) is 4.31. The van der Waals surface area contributed by atoms with Gasteiger partial charge in [-0.25, -0.2) is 9.97 Å². The first kappa shape index (κ1) is 22.1. The third kappa shape index (κ3) is 4.75. The number of nitro groups is 1. The Morgan fingerprint density at radius 3 is 2.38 bits per heavy atom. The van der Waals surface area contributed by atoms with Crippen LogP contribution in [0.2, 0.25) is 0 Å². The molecule has 3 aromatic rings. The molecule has 0 saturated carbocycles. The Hall–Kier alpha value is -4.61. The SMILES string of the molecule is COc1ccc(Nc2ncnc(NNC(=O)c3ccccc3OC)c2[N+](=O)[O-])c(OC)c1. The Morgan fingerprint density at radius 1 is 0.969 bits per heavy atom. The maximum Gasteiger partial charge on any atom is 0.355 e. The highest BCUT2D eigenvalue weighted by atomic mass is 16.6. The Kier molecular flexibility index (Phi) is 6.85.